The molecule has 0 bridgehead atoms. The predicted molar refractivity (Wildman–Crippen MR) is 68.5 cm³/mol. The number of hydrogen-bond acceptors (Lipinski definition) is 3. The first-order valence-corrected chi connectivity index (χ1v) is 5.25. The van der Waals surface area contributed by atoms with Crippen LogP contribution in [0, 0.1) is 0 Å². The molecule has 3 heteroatoms. The number of benzene rings is 1. The monoisotopic (exact) mass is 224 g/mol. The van der Waals surface area contributed by atoms with Gasteiger partial charge in [0.15, 0.2) is 0 Å². The smallest absolute Gasteiger partial charge is 0.204 e. The van der Waals surface area contributed by atoms with Gasteiger partial charge in [0, 0.05) is 11.9 Å². The summed E-state index contributed by atoms with van der Waals surface area (Å²) in [5.41, 5.74) is 7.66. The number of hydrogen-bond donors (Lipinski definition) is 1. The average Bonchev–Trinajstić information content (AvgIpc) is 2.39. The molecule has 17 heavy (non-hydrogen) atoms. The average molecular weight is 224 g/mol. The van der Waals surface area contributed by atoms with Crippen LogP contribution in [0.3, 0.4) is 0 Å². The number of carbonyl (C=O) groups excluding carboxylic acids is 1. The fraction of sp³-hybridized carbons (Fsp3) is 0. The van der Waals surface area contributed by atoms with Crippen molar-refractivity contribution in [2.24, 2.45) is 0 Å². The number of nitrogens with zero attached hydrogens (tertiary/aromatic N) is 1. The summed E-state index contributed by atoms with van der Waals surface area (Å²) in [5.74, 6) is -0.109. The highest BCUT2D eigenvalue weighted by Gasteiger charge is 2.00. The van der Waals surface area contributed by atoms with E-state index in [-0.39, 0.29) is 5.78 Å². The minimum Gasteiger partial charge on any atom is -0.399 e. The Hall–Kier alpha value is -2.42. The fourth-order valence-corrected chi connectivity index (χ4v) is 1.37. The van der Waals surface area contributed by atoms with Crippen molar-refractivity contribution in [1.82, 2.24) is 4.98 Å². The van der Waals surface area contributed by atoms with E-state index in [2.05, 4.69) is 4.98 Å². The van der Waals surface area contributed by atoms with Gasteiger partial charge in [-0.05, 0) is 35.9 Å². The van der Waals surface area contributed by atoms with Crippen molar-refractivity contribution in [1.29, 1.82) is 0 Å². The Labute approximate surface area is 99.6 Å². The summed E-state index contributed by atoms with van der Waals surface area (Å²) >= 11 is 0. The lowest BCUT2D eigenvalue weighted by atomic mass is 10.1. The predicted octanol–water partition coefficient (Wildman–Crippen LogP) is 2.56. The van der Waals surface area contributed by atoms with Crippen LogP contribution in [0.5, 0.6) is 0 Å². The maximum atomic E-state index is 11.7. The normalized spacial score (nSPS) is 10.6. The first kappa shape index (κ1) is 11.1. The molecule has 0 aliphatic rings. The number of aromatic nitrogens is 1. The van der Waals surface area contributed by atoms with Crippen molar-refractivity contribution < 1.29 is 4.79 Å². The van der Waals surface area contributed by atoms with Crippen LogP contribution in [-0.4, -0.2) is 10.8 Å². The molecule has 0 saturated heterocycles. The fourth-order valence-electron chi connectivity index (χ4n) is 1.37. The maximum Gasteiger partial charge on any atom is 0.204 e. The zero-order valence-corrected chi connectivity index (χ0v) is 9.21. The molecular formula is C14H12N2O. The van der Waals surface area contributed by atoms with Crippen LogP contribution in [0.1, 0.15) is 16.1 Å². The minimum absolute atomic E-state index is 0.109. The lowest BCUT2D eigenvalue weighted by Gasteiger charge is -1.95. The number of nitrogen functional groups attached to an aromatic ring is 1. The van der Waals surface area contributed by atoms with Gasteiger partial charge in [0.25, 0.3) is 0 Å². The number of nitrogens with two attached hydrogens (primary N) is 1. The summed E-state index contributed by atoms with van der Waals surface area (Å²) in [4.78, 5) is 15.7. The van der Waals surface area contributed by atoms with Gasteiger partial charge in [0.2, 0.25) is 5.78 Å². The molecule has 0 atom stereocenters. The van der Waals surface area contributed by atoms with E-state index in [0.29, 0.717) is 11.4 Å². The molecule has 0 radical (unpaired) electrons. The van der Waals surface area contributed by atoms with E-state index in [1.807, 2.05) is 12.1 Å². The highest BCUT2D eigenvalue weighted by molar-refractivity contribution is 6.05. The molecule has 0 unspecified atom stereocenters. The van der Waals surface area contributed by atoms with Crippen LogP contribution in [0.4, 0.5) is 5.69 Å². The molecule has 2 rings (SSSR count). The molecule has 1 aromatic heterocycles. The summed E-state index contributed by atoms with van der Waals surface area (Å²) in [6.45, 7) is 0. The van der Waals surface area contributed by atoms with E-state index in [9.17, 15) is 4.79 Å². The molecule has 0 saturated carbocycles. The van der Waals surface area contributed by atoms with E-state index in [1.54, 1.807) is 42.6 Å². The quantitative estimate of drug-likeness (QED) is 0.495. The van der Waals surface area contributed by atoms with Gasteiger partial charge in [0.1, 0.15) is 5.69 Å². The Kier molecular flexibility index (Phi) is 3.31. The van der Waals surface area contributed by atoms with Gasteiger partial charge in [-0.15, -0.1) is 0 Å². The third-order valence-corrected chi connectivity index (χ3v) is 2.28. The van der Waals surface area contributed by atoms with E-state index in [0.717, 1.165) is 5.56 Å². The number of rotatable bonds is 3. The summed E-state index contributed by atoms with van der Waals surface area (Å²) in [6.07, 6.45) is 4.86. The molecule has 1 heterocycles. The standard InChI is InChI=1S/C14H12N2O/c15-12-7-4-11(5-8-12)6-9-14(17)13-3-1-2-10-16-13/h1-10H,15H2/b9-6+. The molecule has 3 nitrogen and oxygen atoms in total. The molecule has 0 spiro atoms. The Bertz CT molecular complexity index is 530. The van der Waals surface area contributed by atoms with Gasteiger partial charge in [-0.2, -0.15) is 0 Å². The molecule has 0 amide bonds. The third kappa shape index (κ3) is 3.01. The zero-order chi connectivity index (χ0) is 12.1. The van der Waals surface area contributed by atoms with Crippen molar-refractivity contribution in [2.75, 3.05) is 5.73 Å². The number of pyridine rings is 1. The van der Waals surface area contributed by atoms with Crippen LogP contribution < -0.4 is 5.73 Å². The second-order valence-electron chi connectivity index (χ2n) is 3.58. The molecule has 2 aromatic rings. The van der Waals surface area contributed by atoms with Gasteiger partial charge in [0.05, 0.1) is 0 Å². The van der Waals surface area contributed by atoms with Gasteiger partial charge >= 0.3 is 0 Å². The number of carbonyl (C=O) groups is 1. The largest absolute Gasteiger partial charge is 0.399 e. The number of anilines is 1. The van der Waals surface area contributed by atoms with Gasteiger partial charge in [-0.1, -0.05) is 24.3 Å². The maximum absolute atomic E-state index is 11.7. The Morgan fingerprint density at radius 3 is 2.53 bits per heavy atom. The highest BCUT2D eigenvalue weighted by atomic mass is 16.1. The van der Waals surface area contributed by atoms with Crippen LogP contribution in [0.25, 0.3) is 6.08 Å². The van der Waals surface area contributed by atoms with Crippen LogP contribution >= 0.6 is 0 Å². The summed E-state index contributed by atoms with van der Waals surface area (Å²) in [5, 5.41) is 0. The second kappa shape index (κ2) is 5.07. The summed E-state index contributed by atoms with van der Waals surface area (Å²) in [6, 6.07) is 12.6. The summed E-state index contributed by atoms with van der Waals surface area (Å²) < 4.78 is 0. The van der Waals surface area contributed by atoms with E-state index in [1.165, 1.54) is 6.08 Å². The Balaban J connectivity index is 2.11. The molecule has 1 aromatic carbocycles. The minimum atomic E-state index is -0.109. The van der Waals surface area contributed by atoms with Gasteiger partial charge in [-0.25, -0.2) is 0 Å². The molecule has 2 N–H and O–H groups in total. The first-order chi connectivity index (χ1) is 8.25. The first-order valence-electron chi connectivity index (χ1n) is 5.25. The van der Waals surface area contributed by atoms with Gasteiger partial charge in [-0.3, -0.25) is 9.78 Å². The number of allylic oxidation sites excluding steroid dienone is 1. The molecule has 0 aliphatic heterocycles. The van der Waals surface area contributed by atoms with Crippen molar-refractivity contribution in [2.45, 2.75) is 0 Å². The van der Waals surface area contributed by atoms with Crippen molar-refractivity contribution in [3.05, 3.63) is 66.0 Å². The topological polar surface area (TPSA) is 56.0 Å². The lowest BCUT2D eigenvalue weighted by Crippen LogP contribution is -1.96. The number of ketones is 1. The van der Waals surface area contributed by atoms with Crippen LogP contribution in [-0.2, 0) is 0 Å². The molecule has 0 fully saturated rings. The summed E-state index contributed by atoms with van der Waals surface area (Å²) in [7, 11) is 0. The Morgan fingerprint density at radius 2 is 1.88 bits per heavy atom. The third-order valence-electron chi connectivity index (χ3n) is 2.28. The molecule has 84 valence electrons. The van der Waals surface area contributed by atoms with Crippen molar-refractivity contribution in [3.63, 3.8) is 0 Å². The Morgan fingerprint density at radius 1 is 1.12 bits per heavy atom. The van der Waals surface area contributed by atoms with E-state index in [4.69, 9.17) is 5.73 Å². The molecule has 0 aliphatic carbocycles. The van der Waals surface area contributed by atoms with Crippen LogP contribution in [0.2, 0.25) is 0 Å². The van der Waals surface area contributed by atoms with E-state index < -0.39 is 0 Å². The highest BCUT2D eigenvalue weighted by Crippen LogP contribution is 2.07. The van der Waals surface area contributed by atoms with Crippen LogP contribution in [0.15, 0.2) is 54.7 Å². The lowest BCUT2D eigenvalue weighted by molar-refractivity contribution is 0.104. The zero-order valence-electron chi connectivity index (χ0n) is 9.21. The molecular weight excluding hydrogens is 212 g/mol. The second-order valence-corrected chi connectivity index (χ2v) is 3.58. The van der Waals surface area contributed by atoms with Gasteiger partial charge < -0.3 is 5.73 Å². The van der Waals surface area contributed by atoms with E-state index >= 15 is 0 Å². The van der Waals surface area contributed by atoms with Crippen molar-refractivity contribution >= 4 is 17.5 Å². The SMILES string of the molecule is Nc1ccc(/C=C/C(=O)c2ccccn2)cc1. The van der Waals surface area contributed by atoms with Crippen molar-refractivity contribution in [3.8, 4) is 0 Å².